The Hall–Kier alpha value is -2.95. The third-order valence-electron chi connectivity index (χ3n) is 4.32. The molecule has 0 unspecified atom stereocenters. The van der Waals surface area contributed by atoms with Gasteiger partial charge in [0.25, 0.3) is 0 Å². The Morgan fingerprint density at radius 2 is 1.92 bits per heavy atom. The first-order chi connectivity index (χ1) is 11.7. The summed E-state index contributed by atoms with van der Waals surface area (Å²) in [5, 5.41) is 17.2. The van der Waals surface area contributed by atoms with Gasteiger partial charge in [-0.25, -0.2) is 0 Å². The highest BCUT2D eigenvalue weighted by molar-refractivity contribution is 6.15. The van der Waals surface area contributed by atoms with Crippen molar-refractivity contribution in [3.8, 4) is 5.75 Å². The summed E-state index contributed by atoms with van der Waals surface area (Å²) in [6.07, 6.45) is 1.60. The molecule has 5 heteroatoms. The molecule has 3 aromatic rings. The monoisotopic (exact) mass is 318 g/mol. The largest absolute Gasteiger partial charge is 0.497 e. The molecule has 0 saturated carbocycles. The number of nitrogens with one attached hydrogen (secondary N) is 1. The lowest BCUT2D eigenvalue weighted by molar-refractivity contribution is 0.415. The Morgan fingerprint density at radius 3 is 2.71 bits per heavy atom. The summed E-state index contributed by atoms with van der Waals surface area (Å²) in [5.74, 6) is 0.849. The van der Waals surface area contributed by atoms with Crippen molar-refractivity contribution in [2.75, 3.05) is 7.11 Å². The number of aryl methyl sites for hydroxylation is 1. The summed E-state index contributed by atoms with van der Waals surface area (Å²) in [5.41, 5.74) is 6.51. The van der Waals surface area contributed by atoms with Gasteiger partial charge in [0.15, 0.2) is 0 Å². The Labute approximate surface area is 140 Å². The smallest absolute Gasteiger partial charge is 0.118 e. The van der Waals surface area contributed by atoms with E-state index in [1.165, 1.54) is 10.9 Å². The molecule has 0 spiro atoms. The quantitative estimate of drug-likeness (QED) is 0.797. The minimum atomic E-state index is 0.786. The molecular weight excluding hydrogens is 300 g/mol. The number of H-pyrrole nitrogens is 1. The number of hydrogen-bond acceptors (Lipinski definition) is 4. The van der Waals surface area contributed by atoms with Crippen LogP contribution in [0.25, 0.3) is 10.9 Å². The maximum atomic E-state index is 5.19. The summed E-state index contributed by atoms with van der Waals surface area (Å²) >= 11 is 0. The predicted octanol–water partition coefficient (Wildman–Crippen LogP) is 3.67. The second-order valence-corrected chi connectivity index (χ2v) is 6.00. The molecule has 1 aromatic heterocycles. The van der Waals surface area contributed by atoms with E-state index < -0.39 is 0 Å². The second kappa shape index (κ2) is 5.92. The van der Waals surface area contributed by atoms with Crippen molar-refractivity contribution in [1.82, 2.24) is 10.2 Å². The average molecular weight is 318 g/mol. The number of fused-ring (bicyclic) bond motifs is 1. The second-order valence-electron chi connectivity index (χ2n) is 6.00. The Morgan fingerprint density at radius 1 is 1.08 bits per heavy atom. The highest BCUT2D eigenvalue weighted by atomic mass is 16.5. The third-order valence-corrected chi connectivity index (χ3v) is 4.32. The van der Waals surface area contributed by atoms with Gasteiger partial charge in [-0.3, -0.25) is 5.10 Å². The number of methoxy groups -OCH3 is 1. The van der Waals surface area contributed by atoms with Gasteiger partial charge in [0, 0.05) is 23.9 Å². The Bertz CT molecular complexity index is 951. The highest BCUT2D eigenvalue weighted by Gasteiger charge is 2.15. The van der Waals surface area contributed by atoms with Gasteiger partial charge in [0.1, 0.15) is 5.75 Å². The maximum absolute atomic E-state index is 5.19. The summed E-state index contributed by atoms with van der Waals surface area (Å²) in [7, 11) is 1.67. The number of ether oxygens (including phenoxy) is 1. The molecule has 2 heterocycles. The van der Waals surface area contributed by atoms with E-state index in [0.29, 0.717) is 0 Å². The number of hydrogen-bond donors (Lipinski definition) is 1. The Kier molecular flexibility index (Phi) is 3.61. The molecule has 0 atom stereocenters. The molecule has 1 N–H and O–H groups in total. The van der Waals surface area contributed by atoms with Gasteiger partial charge in [-0.2, -0.15) is 15.3 Å². The number of nitrogens with zero attached hydrogens (tertiary/aromatic N) is 3. The normalized spacial score (nSPS) is 13.9. The van der Waals surface area contributed by atoms with Gasteiger partial charge < -0.3 is 4.74 Å². The third kappa shape index (κ3) is 2.69. The zero-order valence-electron chi connectivity index (χ0n) is 13.7. The van der Waals surface area contributed by atoms with Crippen LogP contribution in [0.15, 0.2) is 52.7 Å². The summed E-state index contributed by atoms with van der Waals surface area (Å²) in [6.45, 7) is 2.04. The number of rotatable bonds is 4. The van der Waals surface area contributed by atoms with Gasteiger partial charge in [-0.05, 0) is 54.4 Å². The summed E-state index contributed by atoms with van der Waals surface area (Å²) in [6, 6.07) is 14.3. The van der Waals surface area contributed by atoms with Gasteiger partial charge >= 0.3 is 0 Å². The fraction of sp³-hybridized carbons (Fsp3) is 0.211. The van der Waals surface area contributed by atoms with Crippen molar-refractivity contribution < 1.29 is 4.74 Å². The first-order valence-corrected chi connectivity index (χ1v) is 7.93. The molecule has 0 radical (unpaired) electrons. The van der Waals surface area contributed by atoms with Crippen LogP contribution in [0, 0.1) is 6.92 Å². The highest BCUT2D eigenvalue weighted by Crippen LogP contribution is 2.20. The van der Waals surface area contributed by atoms with Crippen LogP contribution in [0.1, 0.15) is 23.2 Å². The molecule has 0 saturated heterocycles. The van der Waals surface area contributed by atoms with Crippen LogP contribution in [0.2, 0.25) is 0 Å². The molecule has 1 aliphatic heterocycles. The minimum Gasteiger partial charge on any atom is -0.497 e. The van der Waals surface area contributed by atoms with Crippen LogP contribution in [0.3, 0.4) is 0 Å². The molecule has 4 rings (SSSR count). The predicted molar refractivity (Wildman–Crippen MR) is 96.1 cm³/mol. The molecule has 120 valence electrons. The van der Waals surface area contributed by atoms with Crippen molar-refractivity contribution in [1.29, 1.82) is 0 Å². The van der Waals surface area contributed by atoms with Crippen molar-refractivity contribution in [2.24, 2.45) is 10.2 Å². The van der Waals surface area contributed by atoms with Crippen molar-refractivity contribution in [2.45, 2.75) is 19.8 Å². The van der Waals surface area contributed by atoms with Gasteiger partial charge in [-0.15, -0.1) is 0 Å². The van der Waals surface area contributed by atoms with Gasteiger partial charge in [-0.1, -0.05) is 6.07 Å². The van der Waals surface area contributed by atoms with E-state index in [-0.39, 0.29) is 0 Å². The molecule has 1 aliphatic rings. The van der Waals surface area contributed by atoms with Gasteiger partial charge in [0.05, 0.1) is 24.0 Å². The van der Waals surface area contributed by atoms with Crippen molar-refractivity contribution >= 4 is 22.3 Å². The fourth-order valence-electron chi connectivity index (χ4n) is 2.97. The molecule has 0 amide bonds. The molecule has 0 aliphatic carbocycles. The van der Waals surface area contributed by atoms with Gasteiger partial charge in [0.2, 0.25) is 0 Å². The topological polar surface area (TPSA) is 62.6 Å². The minimum absolute atomic E-state index is 0.786. The average Bonchev–Trinajstić information content (AvgIpc) is 3.22. The first kappa shape index (κ1) is 14.6. The number of aromatic amines is 1. The van der Waals surface area contributed by atoms with E-state index in [1.54, 1.807) is 7.11 Å². The van der Waals surface area contributed by atoms with Crippen LogP contribution < -0.4 is 4.74 Å². The first-order valence-electron chi connectivity index (χ1n) is 7.93. The maximum Gasteiger partial charge on any atom is 0.118 e. The molecule has 5 nitrogen and oxygen atoms in total. The molecule has 0 fully saturated rings. The van der Waals surface area contributed by atoms with Crippen LogP contribution >= 0.6 is 0 Å². The SMILES string of the molecule is COc1ccc(C2=NN=C(Cc3ccc4n[nH]c(C)c4c3)C2)cc1. The number of aromatic nitrogens is 2. The zero-order chi connectivity index (χ0) is 16.5. The van der Waals surface area contributed by atoms with E-state index in [2.05, 4.69) is 38.6 Å². The van der Waals surface area contributed by atoms with Crippen LogP contribution in [0.5, 0.6) is 5.75 Å². The zero-order valence-corrected chi connectivity index (χ0v) is 13.7. The van der Waals surface area contributed by atoms with E-state index in [4.69, 9.17) is 4.74 Å². The molecular formula is C19H18N4O. The van der Waals surface area contributed by atoms with Crippen molar-refractivity contribution in [3.05, 3.63) is 59.3 Å². The number of benzene rings is 2. The lowest BCUT2D eigenvalue weighted by Crippen LogP contribution is -2.06. The summed E-state index contributed by atoms with van der Waals surface area (Å²) < 4.78 is 5.19. The van der Waals surface area contributed by atoms with Crippen LogP contribution in [-0.4, -0.2) is 28.7 Å². The fourth-order valence-corrected chi connectivity index (χ4v) is 2.97. The van der Waals surface area contributed by atoms with E-state index in [9.17, 15) is 0 Å². The lowest BCUT2D eigenvalue weighted by Gasteiger charge is -2.04. The van der Waals surface area contributed by atoms with E-state index in [0.717, 1.165) is 46.8 Å². The molecule has 24 heavy (non-hydrogen) atoms. The Balaban J connectivity index is 1.47. The summed E-state index contributed by atoms with van der Waals surface area (Å²) in [4.78, 5) is 0. The van der Waals surface area contributed by atoms with E-state index >= 15 is 0 Å². The molecule has 2 aromatic carbocycles. The van der Waals surface area contributed by atoms with E-state index in [1.807, 2.05) is 31.2 Å². The van der Waals surface area contributed by atoms with Crippen LogP contribution in [-0.2, 0) is 6.42 Å². The molecule has 0 bridgehead atoms. The van der Waals surface area contributed by atoms with Crippen LogP contribution in [0.4, 0.5) is 0 Å². The van der Waals surface area contributed by atoms with Crippen molar-refractivity contribution in [3.63, 3.8) is 0 Å². The lowest BCUT2D eigenvalue weighted by atomic mass is 10.00. The standard InChI is InChI=1S/C19H18N4O/c1-12-17-10-13(3-8-18(17)22-20-12)9-15-11-19(23-21-15)14-4-6-16(24-2)7-5-14/h3-8,10H,9,11H2,1-2H3,(H,20,22).